The van der Waals surface area contributed by atoms with Crippen LogP contribution >= 0.6 is 0 Å². The van der Waals surface area contributed by atoms with Crippen molar-refractivity contribution in [3.05, 3.63) is 58.7 Å². The smallest absolute Gasteiger partial charge is 0.307 e. The number of carboxylic acids is 1. The quantitative estimate of drug-likeness (QED) is 0.892. The van der Waals surface area contributed by atoms with Gasteiger partial charge in [0, 0.05) is 0 Å². The molecule has 1 atom stereocenters. The summed E-state index contributed by atoms with van der Waals surface area (Å²) in [5, 5.41) is 9.13. The lowest BCUT2D eigenvalue weighted by molar-refractivity contribution is -0.141. The molecule has 0 heterocycles. The van der Waals surface area contributed by atoms with E-state index in [0.29, 0.717) is 18.5 Å². The van der Waals surface area contributed by atoms with Crippen molar-refractivity contribution in [1.29, 1.82) is 0 Å². The lowest BCUT2D eigenvalue weighted by atomic mass is 10.1. The highest BCUT2D eigenvalue weighted by Crippen LogP contribution is 2.30. The molecule has 1 aliphatic rings. The molecule has 0 saturated heterocycles. The second-order valence-electron chi connectivity index (χ2n) is 6.30. The molecule has 0 spiro atoms. The number of aryl methyl sites for hydroxylation is 2. The average Bonchev–Trinajstić information content (AvgIpc) is 2.93. The normalized spacial score (nSPS) is 16.7. The highest BCUT2D eigenvalue weighted by Gasteiger charge is 2.28. The third kappa shape index (κ3) is 3.14. The van der Waals surface area contributed by atoms with Gasteiger partial charge in [-0.2, -0.15) is 0 Å². The first-order valence-electron chi connectivity index (χ1n) is 7.71. The van der Waals surface area contributed by atoms with Crippen LogP contribution in [0.3, 0.4) is 0 Å². The van der Waals surface area contributed by atoms with E-state index in [4.69, 9.17) is 5.11 Å². The van der Waals surface area contributed by atoms with Gasteiger partial charge < -0.3 is 5.11 Å². The lowest BCUT2D eigenvalue weighted by Gasteiger charge is -2.12. The molecule has 0 saturated carbocycles. The zero-order valence-corrected chi connectivity index (χ0v) is 14.4. The van der Waals surface area contributed by atoms with Crippen LogP contribution in [0.25, 0.3) is 0 Å². The van der Waals surface area contributed by atoms with Crippen LogP contribution in [0, 0.1) is 19.8 Å². The number of fused-ring (bicyclic) bond motifs is 1. The van der Waals surface area contributed by atoms with Crippen LogP contribution in [-0.4, -0.2) is 19.5 Å². The summed E-state index contributed by atoms with van der Waals surface area (Å²) < 4.78 is 27.9. The lowest BCUT2D eigenvalue weighted by Crippen LogP contribution is -2.14. The van der Waals surface area contributed by atoms with Gasteiger partial charge in [-0.25, -0.2) is 8.42 Å². The summed E-state index contributed by atoms with van der Waals surface area (Å²) in [7, 11) is -3.71. The fraction of sp³-hybridized carbons (Fsp3) is 0.278. The van der Waals surface area contributed by atoms with E-state index in [2.05, 4.69) is 4.72 Å². The summed E-state index contributed by atoms with van der Waals surface area (Å²) in [6, 6.07) is 10.4. The number of anilines is 1. The Kier molecular flexibility index (Phi) is 4.09. The fourth-order valence-electron chi connectivity index (χ4n) is 3.07. The third-order valence-electron chi connectivity index (χ3n) is 4.40. The first-order valence-corrected chi connectivity index (χ1v) is 9.19. The number of nitrogens with one attached hydrogen (secondary N) is 1. The van der Waals surface area contributed by atoms with Crippen molar-refractivity contribution in [3.8, 4) is 0 Å². The molecule has 2 aromatic carbocycles. The molecular formula is C18H19NO4S. The first-order chi connectivity index (χ1) is 11.3. The van der Waals surface area contributed by atoms with Gasteiger partial charge in [0.2, 0.25) is 0 Å². The van der Waals surface area contributed by atoms with Crippen LogP contribution in [-0.2, 0) is 27.7 Å². The number of benzene rings is 2. The number of hydrogen-bond acceptors (Lipinski definition) is 3. The van der Waals surface area contributed by atoms with Crippen LogP contribution in [0.5, 0.6) is 0 Å². The van der Waals surface area contributed by atoms with Crippen molar-refractivity contribution in [2.45, 2.75) is 31.6 Å². The van der Waals surface area contributed by atoms with E-state index in [1.54, 1.807) is 18.2 Å². The van der Waals surface area contributed by atoms with Crippen LogP contribution in [0.15, 0.2) is 41.3 Å². The molecule has 2 aromatic rings. The Balaban J connectivity index is 1.89. The standard InChI is InChI=1S/C18H19NO4S/c1-11-3-6-17(12(2)7-11)19-24(22,23)16-5-4-13-8-15(18(20)21)9-14(13)10-16/h3-7,10,15,19H,8-9H2,1-2H3,(H,20,21). The van der Waals surface area contributed by atoms with E-state index < -0.39 is 21.9 Å². The Bertz CT molecular complexity index is 919. The van der Waals surface area contributed by atoms with Crippen molar-refractivity contribution in [1.82, 2.24) is 0 Å². The maximum Gasteiger partial charge on any atom is 0.307 e. The Morgan fingerprint density at radius 3 is 2.46 bits per heavy atom. The number of sulfonamides is 1. The van der Waals surface area contributed by atoms with Gasteiger partial charge in [0.1, 0.15) is 0 Å². The number of aliphatic carboxylic acids is 1. The van der Waals surface area contributed by atoms with Gasteiger partial charge in [-0.3, -0.25) is 9.52 Å². The van der Waals surface area contributed by atoms with Crippen molar-refractivity contribution in [3.63, 3.8) is 0 Å². The second kappa shape index (κ2) is 5.94. The van der Waals surface area contributed by atoms with E-state index >= 15 is 0 Å². The van der Waals surface area contributed by atoms with Crippen LogP contribution in [0.1, 0.15) is 22.3 Å². The topological polar surface area (TPSA) is 83.5 Å². The molecule has 0 fully saturated rings. The van der Waals surface area contributed by atoms with Gasteiger partial charge >= 0.3 is 5.97 Å². The highest BCUT2D eigenvalue weighted by molar-refractivity contribution is 7.92. The number of hydrogen-bond donors (Lipinski definition) is 2. The molecule has 1 unspecified atom stereocenters. The Hall–Kier alpha value is -2.34. The van der Waals surface area contributed by atoms with Crippen molar-refractivity contribution >= 4 is 21.7 Å². The predicted molar refractivity (Wildman–Crippen MR) is 91.7 cm³/mol. The van der Waals surface area contributed by atoms with E-state index in [9.17, 15) is 13.2 Å². The van der Waals surface area contributed by atoms with Crippen molar-refractivity contribution in [2.75, 3.05) is 4.72 Å². The fourth-order valence-corrected chi connectivity index (χ4v) is 4.25. The SMILES string of the molecule is Cc1ccc(NS(=O)(=O)c2ccc3c(c2)CC(C(=O)O)C3)c(C)c1. The maximum atomic E-state index is 12.6. The molecule has 0 amide bonds. The monoisotopic (exact) mass is 345 g/mol. The Labute approximate surface area is 141 Å². The summed E-state index contributed by atoms with van der Waals surface area (Å²) >= 11 is 0. The molecule has 0 bridgehead atoms. The molecule has 2 N–H and O–H groups in total. The van der Waals surface area contributed by atoms with E-state index in [0.717, 1.165) is 22.3 Å². The minimum Gasteiger partial charge on any atom is -0.481 e. The predicted octanol–water partition coefficient (Wildman–Crippen LogP) is 2.90. The Morgan fingerprint density at radius 2 is 1.79 bits per heavy atom. The largest absolute Gasteiger partial charge is 0.481 e. The van der Waals surface area contributed by atoms with Crippen LogP contribution in [0.2, 0.25) is 0 Å². The van der Waals surface area contributed by atoms with Gasteiger partial charge in [-0.15, -0.1) is 0 Å². The number of carboxylic acid groups (broad SMARTS) is 1. The van der Waals surface area contributed by atoms with Gasteiger partial charge in [0.15, 0.2) is 0 Å². The van der Waals surface area contributed by atoms with Gasteiger partial charge in [0.05, 0.1) is 16.5 Å². The second-order valence-corrected chi connectivity index (χ2v) is 7.98. The zero-order valence-electron chi connectivity index (χ0n) is 13.5. The van der Waals surface area contributed by atoms with Gasteiger partial charge in [-0.05, 0) is 61.6 Å². The highest BCUT2D eigenvalue weighted by atomic mass is 32.2. The van der Waals surface area contributed by atoms with Crippen molar-refractivity contribution in [2.24, 2.45) is 5.92 Å². The molecule has 0 radical (unpaired) electrons. The summed E-state index contributed by atoms with van der Waals surface area (Å²) in [4.78, 5) is 11.3. The summed E-state index contributed by atoms with van der Waals surface area (Å²) in [6.07, 6.45) is 0.826. The molecule has 0 aromatic heterocycles. The van der Waals surface area contributed by atoms with Crippen LogP contribution in [0.4, 0.5) is 5.69 Å². The van der Waals surface area contributed by atoms with Gasteiger partial charge in [0.25, 0.3) is 10.0 Å². The van der Waals surface area contributed by atoms with Crippen LogP contribution < -0.4 is 4.72 Å². The van der Waals surface area contributed by atoms with E-state index in [-0.39, 0.29) is 4.90 Å². The molecule has 3 rings (SSSR count). The molecular weight excluding hydrogens is 326 g/mol. The molecule has 0 aliphatic heterocycles. The number of rotatable bonds is 4. The maximum absolute atomic E-state index is 12.6. The minimum atomic E-state index is -3.71. The molecule has 24 heavy (non-hydrogen) atoms. The van der Waals surface area contributed by atoms with E-state index in [1.807, 2.05) is 26.0 Å². The van der Waals surface area contributed by atoms with Crippen molar-refractivity contribution < 1.29 is 18.3 Å². The first kappa shape index (κ1) is 16.5. The summed E-state index contributed by atoms with van der Waals surface area (Å²) in [6.45, 7) is 3.80. The van der Waals surface area contributed by atoms with Gasteiger partial charge in [-0.1, -0.05) is 23.8 Å². The minimum absolute atomic E-state index is 0.160. The summed E-state index contributed by atoms with van der Waals surface area (Å²) in [5.41, 5.74) is 4.17. The molecule has 1 aliphatic carbocycles. The molecule has 126 valence electrons. The average molecular weight is 345 g/mol. The molecule has 6 heteroatoms. The molecule has 5 nitrogen and oxygen atoms in total. The number of carbonyl (C=O) groups is 1. The Morgan fingerprint density at radius 1 is 1.08 bits per heavy atom. The zero-order chi connectivity index (χ0) is 17.5. The van der Waals surface area contributed by atoms with E-state index in [1.165, 1.54) is 6.07 Å². The third-order valence-corrected chi connectivity index (χ3v) is 5.76. The summed E-state index contributed by atoms with van der Waals surface area (Å²) in [5.74, 6) is -1.31.